The first-order valence-electron chi connectivity index (χ1n) is 13.3. The van der Waals surface area contributed by atoms with Crippen molar-refractivity contribution in [3.8, 4) is 5.75 Å². The van der Waals surface area contributed by atoms with Crippen LogP contribution < -0.4 is 20.3 Å². The first kappa shape index (κ1) is 29.4. The van der Waals surface area contributed by atoms with Gasteiger partial charge in [0.1, 0.15) is 11.3 Å². The van der Waals surface area contributed by atoms with Crippen LogP contribution in [0.15, 0.2) is 72.8 Å². The molecule has 9 heteroatoms. The minimum Gasteiger partial charge on any atom is -0.497 e. The lowest BCUT2D eigenvalue weighted by Crippen LogP contribution is -2.63. The molecule has 0 saturated heterocycles. The molecule has 3 aromatic rings. The van der Waals surface area contributed by atoms with Crippen LogP contribution in [-0.2, 0) is 14.4 Å². The van der Waals surface area contributed by atoms with Crippen molar-refractivity contribution < 1.29 is 19.1 Å². The highest BCUT2D eigenvalue weighted by atomic mass is 35.5. The Kier molecular flexibility index (Phi) is 9.71. The second-order valence-electron chi connectivity index (χ2n) is 9.91. The summed E-state index contributed by atoms with van der Waals surface area (Å²) in [5.41, 5.74) is 0.895. The number of nitrogens with one attached hydrogen (secondary N) is 2. The van der Waals surface area contributed by atoms with Crippen LogP contribution in [0.3, 0.4) is 0 Å². The Labute approximate surface area is 244 Å². The molecule has 3 aromatic carbocycles. The number of benzene rings is 3. The molecule has 3 amide bonds. The van der Waals surface area contributed by atoms with Gasteiger partial charge in [0.15, 0.2) is 0 Å². The second-order valence-corrected chi connectivity index (χ2v) is 10.8. The summed E-state index contributed by atoms with van der Waals surface area (Å²) in [5, 5.41) is 6.93. The summed E-state index contributed by atoms with van der Waals surface area (Å²) < 4.78 is 5.32. The van der Waals surface area contributed by atoms with Crippen molar-refractivity contribution in [2.75, 3.05) is 18.6 Å². The average molecular weight is 583 g/mol. The quantitative estimate of drug-likeness (QED) is 0.320. The Morgan fingerprint density at radius 3 is 2.17 bits per heavy atom. The number of halogens is 2. The summed E-state index contributed by atoms with van der Waals surface area (Å²) in [6.45, 7) is 1.12. The third-order valence-electron chi connectivity index (χ3n) is 7.29. The van der Waals surface area contributed by atoms with E-state index < -0.39 is 11.6 Å². The molecule has 0 spiro atoms. The van der Waals surface area contributed by atoms with E-state index in [0.717, 1.165) is 30.4 Å². The van der Waals surface area contributed by atoms with Gasteiger partial charge >= 0.3 is 0 Å². The average Bonchev–Trinajstić information content (AvgIpc) is 2.96. The van der Waals surface area contributed by atoms with Gasteiger partial charge in [-0.2, -0.15) is 0 Å². The van der Waals surface area contributed by atoms with Crippen LogP contribution in [0, 0.1) is 0 Å². The van der Waals surface area contributed by atoms with Gasteiger partial charge in [-0.15, -0.1) is 0 Å². The monoisotopic (exact) mass is 581 g/mol. The van der Waals surface area contributed by atoms with Crippen LogP contribution in [0.4, 0.5) is 5.69 Å². The number of ether oxygens (including phenoxy) is 1. The standard InChI is InChI=1S/C31H33Cl2N3O4/c1-21(37)34-20-28(38)36(24-14-16-25(40-2)17-15-24)31(18-6-3-7-19-31)30(39)35-29(22-10-12-23(32)13-11-22)26-8-4-5-9-27(26)33/h4-5,8-17,29H,3,6-7,18-20H2,1-2H3,(H,34,37)(H,35,39)/t29-/m0/s1. The van der Waals surface area contributed by atoms with Gasteiger partial charge in [0.05, 0.1) is 19.7 Å². The van der Waals surface area contributed by atoms with Gasteiger partial charge in [-0.05, 0) is 66.4 Å². The summed E-state index contributed by atoms with van der Waals surface area (Å²) in [7, 11) is 1.57. The molecule has 0 aromatic heterocycles. The van der Waals surface area contributed by atoms with E-state index in [4.69, 9.17) is 27.9 Å². The van der Waals surface area contributed by atoms with Crippen LogP contribution in [0.25, 0.3) is 0 Å². The van der Waals surface area contributed by atoms with Gasteiger partial charge in [0.25, 0.3) is 0 Å². The highest BCUT2D eigenvalue weighted by Crippen LogP contribution is 2.39. The Hall–Kier alpha value is -3.55. The van der Waals surface area contributed by atoms with Crippen molar-refractivity contribution in [2.24, 2.45) is 0 Å². The largest absolute Gasteiger partial charge is 0.497 e. The van der Waals surface area contributed by atoms with E-state index in [0.29, 0.717) is 34.3 Å². The molecule has 0 unspecified atom stereocenters. The molecule has 2 N–H and O–H groups in total. The van der Waals surface area contributed by atoms with E-state index in [1.54, 1.807) is 54.5 Å². The third-order valence-corrected chi connectivity index (χ3v) is 7.89. The second kappa shape index (κ2) is 13.2. The van der Waals surface area contributed by atoms with Crippen LogP contribution in [0.2, 0.25) is 10.0 Å². The van der Waals surface area contributed by atoms with E-state index in [1.807, 2.05) is 30.3 Å². The molecule has 1 fully saturated rings. The van der Waals surface area contributed by atoms with Gasteiger partial charge in [-0.1, -0.05) is 72.8 Å². The Balaban J connectivity index is 1.79. The molecule has 0 heterocycles. The van der Waals surface area contributed by atoms with Gasteiger partial charge in [-0.3, -0.25) is 19.3 Å². The molecule has 0 radical (unpaired) electrons. The first-order chi connectivity index (χ1) is 19.2. The van der Waals surface area contributed by atoms with Crippen molar-refractivity contribution in [2.45, 2.75) is 50.6 Å². The number of nitrogens with zero attached hydrogens (tertiary/aromatic N) is 1. The summed E-state index contributed by atoms with van der Waals surface area (Å²) in [6.07, 6.45) is 3.42. The van der Waals surface area contributed by atoms with Gasteiger partial charge in [0.2, 0.25) is 17.7 Å². The molecule has 0 aliphatic heterocycles. The predicted molar refractivity (Wildman–Crippen MR) is 158 cm³/mol. The number of amides is 3. The fraction of sp³-hybridized carbons (Fsp3) is 0.323. The van der Waals surface area contributed by atoms with Crippen LogP contribution in [-0.4, -0.2) is 36.9 Å². The maximum atomic E-state index is 14.5. The maximum absolute atomic E-state index is 14.5. The van der Waals surface area contributed by atoms with E-state index >= 15 is 0 Å². The maximum Gasteiger partial charge on any atom is 0.247 e. The van der Waals surface area contributed by atoms with Crippen LogP contribution in [0.5, 0.6) is 5.75 Å². The molecular formula is C31H33Cl2N3O4. The van der Waals surface area contributed by atoms with Crippen molar-refractivity contribution in [1.29, 1.82) is 0 Å². The third kappa shape index (κ3) is 6.60. The summed E-state index contributed by atoms with van der Waals surface area (Å²) in [4.78, 5) is 41.6. The lowest BCUT2D eigenvalue weighted by atomic mass is 9.78. The highest BCUT2D eigenvalue weighted by Gasteiger charge is 2.48. The first-order valence-corrected chi connectivity index (χ1v) is 14.0. The number of methoxy groups -OCH3 is 1. The predicted octanol–water partition coefficient (Wildman–Crippen LogP) is 6.08. The van der Waals surface area contributed by atoms with E-state index in [2.05, 4.69) is 10.6 Å². The fourth-order valence-electron chi connectivity index (χ4n) is 5.30. The number of rotatable bonds is 9. The summed E-state index contributed by atoms with van der Waals surface area (Å²) >= 11 is 12.8. The van der Waals surface area contributed by atoms with Crippen molar-refractivity contribution in [1.82, 2.24) is 10.6 Å². The molecule has 210 valence electrons. The molecule has 4 rings (SSSR count). The van der Waals surface area contributed by atoms with Gasteiger partial charge < -0.3 is 15.4 Å². The number of hydrogen-bond donors (Lipinski definition) is 2. The zero-order valence-electron chi connectivity index (χ0n) is 22.6. The fourth-order valence-corrected chi connectivity index (χ4v) is 5.67. The van der Waals surface area contributed by atoms with Crippen LogP contribution >= 0.6 is 23.2 Å². The smallest absolute Gasteiger partial charge is 0.247 e. The van der Waals surface area contributed by atoms with Crippen molar-refractivity contribution in [3.63, 3.8) is 0 Å². The number of carbonyl (C=O) groups excluding carboxylic acids is 3. The minimum atomic E-state index is -1.19. The molecule has 0 bridgehead atoms. The number of hydrogen-bond acceptors (Lipinski definition) is 4. The Morgan fingerprint density at radius 1 is 0.925 bits per heavy atom. The Morgan fingerprint density at radius 2 is 1.57 bits per heavy atom. The van der Waals surface area contributed by atoms with E-state index in [1.165, 1.54) is 6.92 Å². The zero-order valence-corrected chi connectivity index (χ0v) is 24.1. The number of anilines is 1. The number of carbonyl (C=O) groups is 3. The Bertz CT molecular complexity index is 1340. The molecular weight excluding hydrogens is 549 g/mol. The van der Waals surface area contributed by atoms with Crippen molar-refractivity contribution in [3.05, 3.63) is 94.0 Å². The lowest BCUT2D eigenvalue weighted by Gasteiger charge is -2.45. The van der Waals surface area contributed by atoms with Crippen LogP contribution in [0.1, 0.15) is 56.2 Å². The topological polar surface area (TPSA) is 87.7 Å². The molecule has 1 aliphatic rings. The molecule has 1 saturated carbocycles. The van der Waals surface area contributed by atoms with E-state index in [9.17, 15) is 14.4 Å². The summed E-state index contributed by atoms with van der Waals surface area (Å²) in [6, 6.07) is 21.0. The molecule has 1 atom stereocenters. The van der Waals surface area contributed by atoms with Crippen molar-refractivity contribution >= 4 is 46.6 Å². The summed E-state index contributed by atoms with van der Waals surface area (Å²) in [5.74, 6) is -0.370. The normalized spacial score (nSPS) is 15.0. The molecule has 1 aliphatic carbocycles. The van der Waals surface area contributed by atoms with Gasteiger partial charge in [-0.25, -0.2) is 0 Å². The SMILES string of the molecule is COc1ccc(N(C(=O)CNC(C)=O)C2(C(=O)N[C@@H](c3ccc(Cl)cc3)c3ccccc3Cl)CCCCC2)cc1. The van der Waals surface area contributed by atoms with E-state index in [-0.39, 0.29) is 24.3 Å². The highest BCUT2D eigenvalue weighted by molar-refractivity contribution is 6.31. The molecule has 40 heavy (non-hydrogen) atoms. The molecule has 7 nitrogen and oxygen atoms in total. The zero-order chi connectivity index (χ0) is 28.7. The minimum absolute atomic E-state index is 0.235. The van der Waals surface area contributed by atoms with Gasteiger partial charge in [0, 0.05) is 22.7 Å². The lowest BCUT2D eigenvalue weighted by molar-refractivity contribution is -0.132.